The van der Waals surface area contributed by atoms with Gasteiger partial charge in [-0.15, -0.1) is 0 Å². The number of carboxylic acids is 1. The van der Waals surface area contributed by atoms with Crippen LogP contribution in [0.1, 0.15) is 206 Å². The van der Waals surface area contributed by atoms with Gasteiger partial charge in [-0.3, -0.25) is 18.6 Å². The topological polar surface area (TPSA) is 169 Å². The van der Waals surface area contributed by atoms with Crippen LogP contribution in [0, 0.1) is 0 Å². The Morgan fingerprint density at radius 2 is 0.906 bits per heavy atom. The zero-order valence-electron chi connectivity index (χ0n) is 40.1. The SMILES string of the molecule is CC/C=C\C/C=C\C/C=C\CCCCCCCCCC(=O)NC(COP(=O)(O)OCC(O)COC(=O)CCCCCCCCCCCC/C=C\C/C=C\C/C=C\CCCCC)C(=O)O. The van der Waals surface area contributed by atoms with Crippen molar-refractivity contribution >= 4 is 25.7 Å². The summed E-state index contributed by atoms with van der Waals surface area (Å²) >= 11 is 0. The Bertz CT molecular complexity index is 1360. The molecule has 3 atom stereocenters. The van der Waals surface area contributed by atoms with Gasteiger partial charge < -0.3 is 25.2 Å². The summed E-state index contributed by atoms with van der Waals surface area (Å²) in [7, 11) is -4.77. The van der Waals surface area contributed by atoms with Crippen molar-refractivity contribution in [3.05, 3.63) is 72.9 Å². The molecule has 0 bridgehead atoms. The van der Waals surface area contributed by atoms with E-state index in [0.29, 0.717) is 12.8 Å². The number of phosphoric acid groups is 1. The van der Waals surface area contributed by atoms with Crippen molar-refractivity contribution < 1.29 is 47.8 Å². The average Bonchev–Trinajstić information content (AvgIpc) is 3.27. The molecule has 3 unspecified atom stereocenters. The summed E-state index contributed by atoms with van der Waals surface area (Å²) in [5, 5.41) is 21.9. The van der Waals surface area contributed by atoms with E-state index in [1.807, 2.05) is 0 Å². The minimum absolute atomic E-state index is 0.131. The zero-order valence-corrected chi connectivity index (χ0v) is 41.0. The number of carboxylic acid groups (broad SMARTS) is 1. The highest BCUT2D eigenvalue weighted by Crippen LogP contribution is 2.43. The van der Waals surface area contributed by atoms with E-state index < -0.39 is 57.6 Å². The van der Waals surface area contributed by atoms with Crippen molar-refractivity contribution in [1.82, 2.24) is 5.32 Å². The highest BCUT2D eigenvalue weighted by atomic mass is 31.2. The van der Waals surface area contributed by atoms with Crippen LogP contribution in [0.5, 0.6) is 0 Å². The molecule has 4 N–H and O–H groups in total. The fraction of sp³-hybridized carbons (Fsp3) is 0.712. The van der Waals surface area contributed by atoms with Crippen LogP contribution in [-0.4, -0.2) is 64.9 Å². The van der Waals surface area contributed by atoms with E-state index in [0.717, 1.165) is 103 Å². The van der Waals surface area contributed by atoms with Crippen LogP contribution in [0.3, 0.4) is 0 Å². The lowest BCUT2D eigenvalue weighted by Gasteiger charge is -2.18. The fourth-order valence-electron chi connectivity index (χ4n) is 6.63. The van der Waals surface area contributed by atoms with Gasteiger partial charge in [-0.2, -0.15) is 0 Å². The number of carbonyl (C=O) groups excluding carboxylic acids is 2. The normalized spacial score (nSPS) is 14.2. The number of allylic oxidation sites excluding steroid dienone is 12. The summed E-state index contributed by atoms with van der Waals surface area (Å²) in [5.41, 5.74) is 0. The van der Waals surface area contributed by atoms with E-state index >= 15 is 0 Å². The molecule has 0 spiro atoms. The lowest BCUT2D eigenvalue weighted by Crippen LogP contribution is -2.43. The van der Waals surface area contributed by atoms with Gasteiger partial charge in [0.1, 0.15) is 12.7 Å². The van der Waals surface area contributed by atoms with Gasteiger partial charge in [0, 0.05) is 12.8 Å². The van der Waals surface area contributed by atoms with Crippen molar-refractivity contribution in [1.29, 1.82) is 0 Å². The van der Waals surface area contributed by atoms with Crippen molar-refractivity contribution in [2.24, 2.45) is 0 Å². The number of hydrogen-bond acceptors (Lipinski definition) is 8. The third-order valence-corrected chi connectivity index (χ3v) is 11.4. The number of amides is 1. The summed E-state index contributed by atoms with van der Waals surface area (Å²) < 4.78 is 26.9. The molecule has 0 heterocycles. The minimum atomic E-state index is -4.77. The number of esters is 1. The molecule has 11 nitrogen and oxygen atoms in total. The fourth-order valence-corrected chi connectivity index (χ4v) is 7.40. The van der Waals surface area contributed by atoms with Crippen LogP contribution in [0.25, 0.3) is 0 Å². The van der Waals surface area contributed by atoms with E-state index in [2.05, 4.69) is 92.1 Å². The first-order valence-electron chi connectivity index (χ1n) is 25.0. The largest absolute Gasteiger partial charge is 0.480 e. The van der Waals surface area contributed by atoms with E-state index in [9.17, 15) is 34.1 Å². The lowest BCUT2D eigenvalue weighted by molar-refractivity contribution is -0.147. The van der Waals surface area contributed by atoms with Crippen molar-refractivity contribution in [3.63, 3.8) is 0 Å². The highest BCUT2D eigenvalue weighted by molar-refractivity contribution is 7.47. The Kier molecular flexibility index (Phi) is 44.2. The molecular formula is C52H90NO10P. The molecule has 64 heavy (non-hydrogen) atoms. The molecule has 0 saturated carbocycles. The molecule has 0 aromatic carbocycles. The van der Waals surface area contributed by atoms with E-state index in [1.54, 1.807) is 0 Å². The maximum absolute atomic E-state index is 12.3. The standard InChI is InChI=1S/C52H90NO10P/c1-3-5-7-9-11-13-15-17-19-21-22-23-24-25-26-28-30-32-34-36-38-40-42-44-51(56)61-45-48(54)46-62-64(59,60)63-47-49(52(57)58)53-50(55)43-41-39-37-35-33-31-29-27-20-18-16-14-12-10-8-6-4-2/h6,8,11-14,17-20,22-23,48-49,54H,3-5,7,9-10,15-16,21,24-47H2,1-2H3,(H,53,55)(H,57,58)(H,59,60)/b8-6-,13-11-,14-12-,19-17-,20-18-,23-22-. The zero-order chi connectivity index (χ0) is 47.0. The van der Waals surface area contributed by atoms with E-state index in [-0.39, 0.29) is 12.8 Å². The van der Waals surface area contributed by atoms with Crippen LogP contribution in [0.15, 0.2) is 72.9 Å². The van der Waals surface area contributed by atoms with E-state index in [1.165, 1.54) is 64.2 Å². The number of aliphatic hydroxyl groups is 1. The summed E-state index contributed by atoms with van der Waals surface area (Å²) in [6, 6.07) is -1.56. The van der Waals surface area contributed by atoms with Crippen LogP contribution >= 0.6 is 7.82 Å². The Hall–Kier alpha value is -3.08. The summed E-state index contributed by atoms with van der Waals surface area (Å²) in [6.45, 7) is 2.46. The second kappa shape index (κ2) is 46.4. The average molecular weight is 920 g/mol. The molecule has 0 rings (SSSR count). The maximum atomic E-state index is 12.3. The van der Waals surface area contributed by atoms with Gasteiger partial charge in [0.25, 0.3) is 0 Å². The molecule has 12 heteroatoms. The van der Waals surface area contributed by atoms with Crippen molar-refractivity contribution in [2.75, 3.05) is 19.8 Å². The molecule has 0 aliphatic rings. The Morgan fingerprint density at radius 1 is 0.516 bits per heavy atom. The van der Waals surface area contributed by atoms with Gasteiger partial charge >= 0.3 is 19.8 Å². The van der Waals surface area contributed by atoms with Crippen LogP contribution < -0.4 is 5.32 Å². The van der Waals surface area contributed by atoms with Gasteiger partial charge in [-0.05, 0) is 83.5 Å². The quantitative estimate of drug-likeness (QED) is 0.0200. The molecule has 1 amide bonds. The van der Waals surface area contributed by atoms with Gasteiger partial charge in [-0.25, -0.2) is 9.36 Å². The van der Waals surface area contributed by atoms with Crippen molar-refractivity contribution in [2.45, 2.75) is 219 Å². The molecule has 0 aromatic rings. The Balaban J connectivity index is 3.85. The second-order valence-corrected chi connectivity index (χ2v) is 18.1. The Morgan fingerprint density at radius 3 is 1.36 bits per heavy atom. The first-order valence-corrected chi connectivity index (χ1v) is 26.5. The number of rotatable bonds is 46. The highest BCUT2D eigenvalue weighted by Gasteiger charge is 2.28. The third kappa shape index (κ3) is 45.5. The number of aliphatic carboxylic acids is 1. The summed E-state index contributed by atoms with van der Waals surface area (Å²) in [6.07, 6.45) is 56.3. The number of hydrogen-bond donors (Lipinski definition) is 4. The first kappa shape index (κ1) is 60.9. The number of phosphoric ester groups is 1. The number of unbranched alkanes of at least 4 members (excludes halogenated alkanes) is 20. The first-order chi connectivity index (χ1) is 31.1. The molecule has 368 valence electrons. The molecular weight excluding hydrogens is 830 g/mol. The number of carbonyl (C=O) groups is 3. The summed E-state index contributed by atoms with van der Waals surface area (Å²) in [4.78, 5) is 46.1. The van der Waals surface area contributed by atoms with E-state index in [4.69, 9.17) is 13.8 Å². The van der Waals surface area contributed by atoms with Gasteiger partial charge in [-0.1, -0.05) is 183 Å². The molecule has 0 saturated heterocycles. The number of aliphatic hydroxyl groups excluding tert-OH is 1. The molecule has 0 radical (unpaired) electrons. The molecule has 0 aliphatic carbocycles. The number of ether oxygens (including phenoxy) is 1. The predicted molar refractivity (Wildman–Crippen MR) is 263 cm³/mol. The monoisotopic (exact) mass is 920 g/mol. The summed E-state index contributed by atoms with van der Waals surface area (Å²) in [5.74, 6) is -2.39. The minimum Gasteiger partial charge on any atom is -0.480 e. The molecule has 0 aliphatic heterocycles. The molecule has 0 aromatic heterocycles. The smallest absolute Gasteiger partial charge is 0.472 e. The van der Waals surface area contributed by atoms with Gasteiger partial charge in [0.2, 0.25) is 5.91 Å². The van der Waals surface area contributed by atoms with Crippen molar-refractivity contribution in [3.8, 4) is 0 Å². The van der Waals surface area contributed by atoms with Gasteiger partial charge in [0.05, 0.1) is 13.2 Å². The maximum Gasteiger partial charge on any atom is 0.472 e. The van der Waals surface area contributed by atoms with Crippen LogP contribution in [0.4, 0.5) is 0 Å². The lowest BCUT2D eigenvalue weighted by atomic mass is 10.1. The van der Waals surface area contributed by atoms with Crippen LogP contribution in [-0.2, 0) is 32.7 Å². The van der Waals surface area contributed by atoms with Gasteiger partial charge in [0.15, 0.2) is 6.04 Å². The third-order valence-electron chi connectivity index (χ3n) is 10.5. The van der Waals surface area contributed by atoms with Crippen LogP contribution in [0.2, 0.25) is 0 Å². The predicted octanol–water partition coefficient (Wildman–Crippen LogP) is 13.7. The second-order valence-electron chi connectivity index (χ2n) is 16.6. The molecule has 0 fully saturated rings. The number of nitrogens with one attached hydrogen (secondary N) is 1. The Labute approximate surface area is 389 Å².